The summed E-state index contributed by atoms with van der Waals surface area (Å²) in [5.74, 6) is 0. The largest absolute Gasteiger partial charge is 0.329 e. The van der Waals surface area contributed by atoms with Gasteiger partial charge in [0.2, 0.25) is 0 Å². The molecule has 0 bridgehead atoms. The van der Waals surface area contributed by atoms with E-state index >= 15 is 0 Å². The van der Waals surface area contributed by atoms with Crippen molar-refractivity contribution >= 4 is 15.9 Å². The van der Waals surface area contributed by atoms with E-state index in [1.54, 1.807) is 0 Å². The van der Waals surface area contributed by atoms with E-state index < -0.39 is 0 Å². The van der Waals surface area contributed by atoms with Crippen molar-refractivity contribution in [3.8, 4) is 0 Å². The molecule has 0 aliphatic rings. The van der Waals surface area contributed by atoms with Crippen molar-refractivity contribution < 1.29 is 0 Å². The predicted molar refractivity (Wildman–Crippen MR) is 53.6 cm³/mol. The minimum Gasteiger partial charge on any atom is -0.329 e. The van der Waals surface area contributed by atoms with Crippen LogP contribution in [0.4, 0.5) is 0 Å². The van der Waals surface area contributed by atoms with Crippen molar-refractivity contribution in [1.82, 2.24) is 10.9 Å². The molecule has 0 rings (SSSR count). The Morgan fingerprint density at radius 1 is 1.45 bits per heavy atom. The third-order valence-corrected chi connectivity index (χ3v) is 2.23. The molecular weight excluding hydrogens is 204 g/mol. The van der Waals surface area contributed by atoms with Crippen LogP contribution in [0.2, 0.25) is 0 Å². The van der Waals surface area contributed by atoms with Crippen LogP contribution in [0.1, 0.15) is 27.2 Å². The van der Waals surface area contributed by atoms with Crippen LogP contribution < -0.4 is 10.9 Å². The van der Waals surface area contributed by atoms with E-state index in [9.17, 15) is 0 Å². The zero-order valence-corrected chi connectivity index (χ0v) is 8.98. The third-order valence-electron chi connectivity index (χ3n) is 1.44. The molecule has 0 aromatic carbocycles. The molecule has 3 heteroatoms. The van der Waals surface area contributed by atoms with Crippen LogP contribution in [-0.2, 0) is 0 Å². The summed E-state index contributed by atoms with van der Waals surface area (Å²) in [6, 6.07) is 0.427. The van der Waals surface area contributed by atoms with Crippen molar-refractivity contribution in [3.63, 3.8) is 0 Å². The lowest BCUT2D eigenvalue weighted by Crippen LogP contribution is -2.39. The van der Waals surface area contributed by atoms with E-state index in [4.69, 9.17) is 0 Å². The van der Waals surface area contributed by atoms with E-state index in [2.05, 4.69) is 53.6 Å². The van der Waals surface area contributed by atoms with Crippen molar-refractivity contribution in [2.45, 2.75) is 38.1 Å². The SMILES string of the molecule is CC/C=C\NNC(C)[C@H](C)Br. The van der Waals surface area contributed by atoms with Gasteiger partial charge in [0.15, 0.2) is 0 Å². The van der Waals surface area contributed by atoms with Crippen LogP contribution in [0.3, 0.4) is 0 Å². The van der Waals surface area contributed by atoms with Crippen LogP contribution in [0.15, 0.2) is 12.3 Å². The van der Waals surface area contributed by atoms with Gasteiger partial charge in [-0.1, -0.05) is 35.9 Å². The molecule has 11 heavy (non-hydrogen) atoms. The molecule has 0 aromatic heterocycles. The molecule has 2 atom stereocenters. The maximum atomic E-state index is 3.48. The van der Waals surface area contributed by atoms with Gasteiger partial charge in [0.1, 0.15) is 0 Å². The highest BCUT2D eigenvalue weighted by Gasteiger charge is 2.04. The quantitative estimate of drug-likeness (QED) is 0.549. The van der Waals surface area contributed by atoms with Crippen molar-refractivity contribution in [1.29, 1.82) is 0 Å². The van der Waals surface area contributed by atoms with Gasteiger partial charge in [-0.05, 0) is 13.3 Å². The molecular formula is C8H17BrN2. The third kappa shape index (κ3) is 6.38. The average molecular weight is 221 g/mol. The maximum Gasteiger partial charge on any atom is 0.0354 e. The highest BCUT2D eigenvalue weighted by Crippen LogP contribution is 2.01. The molecule has 0 radical (unpaired) electrons. The van der Waals surface area contributed by atoms with Crippen LogP contribution in [-0.4, -0.2) is 10.9 Å². The fraction of sp³-hybridized carbons (Fsp3) is 0.750. The minimum absolute atomic E-state index is 0.427. The maximum absolute atomic E-state index is 3.48. The van der Waals surface area contributed by atoms with Crippen molar-refractivity contribution in [2.75, 3.05) is 0 Å². The number of rotatable bonds is 5. The molecule has 0 aliphatic carbocycles. The Hall–Kier alpha value is -0.0200. The first-order valence-corrected chi connectivity index (χ1v) is 4.90. The smallest absolute Gasteiger partial charge is 0.0354 e. The number of allylic oxidation sites excluding steroid dienone is 1. The van der Waals surface area contributed by atoms with Gasteiger partial charge in [-0.3, -0.25) is 0 Å². The lowest BCUT2D eigenvalue weighted by Gasteiger charge is -2.15. The zero-order valence-electron chi connectivity index (χ0n) is 7.39. The highest BCUT2D eigenvalue weighted by atomic mass is 79.9. The Morgan fingerprint density at radius 2 is 2.09 bits per heavy atom. The molecule has 2 nitrogen and oxygen atoms in total. The second-order valence-electron chi connectivity index (χ2n) is 2.57. The minimum atomic E-state index is 0.427. The molecule has 2 N–H and O–H groups in total. The number of hydrogen-bond acceptors (Lipinski definition) is 2. The monoisotopic (exact) mass is 220 g/mol. The fourth-order valence-electron chi connectivity index (χ4n) is 0.471. The summed E-state index contributed by atoms with van der Waals surface area (Å²) in [4.78, 5) is 0.477. The van der Waals surface area contributed by atoms with E-state index in [-0.39, 0.29) is 0 Å². The zero-order chi connectivity index (χ0) is 8.69. The molecule has 0 spiro atoms. The molecule has 0 saturated carbocycles. The highest BCUT2D eigenvalue weighted by molar-refractivity contribution is 9.09. The van der Waals surface area contributed by atoms with Gasteiger partial charge >= 0.3 is 0 Å². The van der Waals surface area contributed by atoms with Gasteiger partial charge in [-0.2, -0.15) is 0 Å². The van der Waals surface area contributed by atoms with Gasteiger partial charge in [0, 0.05) is 17.1 Å². The van der Waals surface area contributed by atoms with Gasteiger partial charge in [0.25, 0.3) is 0 Å². The van der Waals surface area contributed by atoms with Crippen molar-refractivity contribution in [3.05, 3.63) is 12.3 Å². The fourth-order valence-corrected chi connectivity index (χ4v) is 0.603. The number of hydrogen-bond donors (Lipinski definition) is 2. The number of halogens is 1. The molecule has 0 fully saturated rings. The second-order valence-corrected chi connectivity index (χ2v) is 4.01. The summed E-state index contributed by atoms with van der Waals surface area (Å²) in [5, 5.41) is 0. The van der Waals surface area contributed by atoms with Gasteiger partial charge in [-0.15, -0.1) is 0 Å². The van der Waals surface area contributed by atoms with E-state index in [1.807, 2.05) is 6.20 Å². The standard InChI is InChI=1S/C8H17BrN2/c1-4-5-6-10-11-8(3)7(2)9/h5-8,10-11H,4H2,1-3H3/b6-5-/t7-,8?/m0/s1. The molecule has 0 amide bonds. The van der Waals surface area contributed by atoms with Crippen LogP contribution in [0.25, 0.3) is 0 Å². The van der Waals surface area contributed by atoms with E-state index in [0.29, 0.717) is 10.9 Å². The summed E-state index contributed by atoms with van der Waals surface area (Å²) in [6.45, 7) is 6.34. The Bertz CT molecular complexity index is 113. The molecule has 0 aliphatic heterocycles. The topological polar surface area (TPSA) is 24.1 Å². The Labute approximate surface area is 77.5 Å². The number of hydrazine groups is 1. The Balaban J connectivity index is 3.31. The number of alkyl halides is 1. The van der Waals surface area contributed by atoms with Crippen LogP contribution in [0.5, 0.6) is 0 Å². The molecule has 66 valence electrons. The lowest BCUT2D eigenvalue weighted by molar-refractivity contribution is 0.505. The van der Waals surface area contributed by atoms with Crippen LogP contribution in [0, 0.1) is 0 Å². The van der Waals surface area contributed by atoms with E-state index in [0.717, 1.165) is 6.42 Å². The van der Waals surface area contributed by atoms with Gasteiger partial charge in [-0.25, -0.2) is 5.43 Å². The predicted octanol–water partition coefficient (Wildman–Crippen LogP) is 2.18. The molecule has 1 unspecified atom stereocenters. The summed E-state index contributed by atoms with van der Waals surface area (Å²) >= 11 is 3.48. The molecule has 0 aromatic rings. The first-order valence-electron chi connectivity index (χ1n) is 3.98. The normalized spacial score (nSPS) is 16.7. The Kier molecular flexibility index (Phi) is 6.66. The first kappa shape index (κ1) is 11.0. The summed E-state index contributed by atoms with van der Waals surface area (Å²) < 4.78 is 0. The van der Waals surface area contributed by atoms with E-state index in [1.165, 1.54) is 0 Å². The average Bonchev–Trinajstić information content (AvgIpc) is 1.97. The lowest BCUT2D eigenvalue weighted by atomic mass is 10.3. The summed E-state index contributed by atoms with van der Waals surface area (Å²) in [7, 11) is 0. The number of nitrogens with one attached hydrogen (secondary N) is 2. The van der Waals surface area contributed by atoms with Gasteiger partial charge in [0.05, 0.1) is 0 Å². The van der Waals surface area contributed by atoms with Crippen LogP contribution >= 0.6 is 15.9 Å². The summed E-state index contributed by atoms with van der Waals surface area (Å²) in [5.41, 5.74) is 6.14. The second kappa shape index (κ2) is 6.68. The molecule has 0 saturated heterocycles. The Morgan fingerprint density at radius 3 is 2.55 bits per heavy atom. The summed E-state index contributed by atoms with van der Waals surface area (Å²) in [6.07, 6.45) is 5.05. The first-order chi connectivity index (χ1) is 5.18. The van der Waals surface area contributed by atoms with Crippen molar-refractivity contribution in [2.24, 2.45) is 0 Å². The van der Waals surface area contributed by atoms with Gasteiger partial charge < -0.3 is 5.43 Å². The molecule has 0 heterocycles.